The molecule has 2 heterocycles. The zero-order valence-corrected chi connectivity index (χ0v) is 15.4. The van der Waals surface area contributed by atoms with Gasteiger partial charge in [-0.1, -0.05) is 27.7 Å². The van der Waals surface area contributed by atoms with Crippen LogP contribution in [0, 0.1) is 5.92 Å². The summed E-state index contributed by atoms with van der Waals surface area (Å²) in [5, 5.41) is 4.49. The molecule has 0 fully saturated rings. The van der Waals surface area contributed by atoms with Crippen molar-refractivity contribution in [3.8, 4) is 10.7 Å². The second-order valence-electron chi connectivity index (χ2n) is 5.86. The number of rotatable bonds is 6. The first-order chi connectivity index (χ1) is 9.97. The summed E-state index contributed by atoms with van der Waals surface area (Å²) in [4.78, 5) is 10.6. The van der Waals surface area contributed by atoms with E-state index in [2.05, 4.69) is 53.9 Å². The Morgan fingerprint density at radius 3 is 2.67 bits per heavy atom. The molecule has 0 atom stereocenters. The van der Waals surface area contributed by atoms with Crippen LogP contribution in [0.25, 0.3) is 10.7 Å². The van der Waals surface area contributed by atoms with Crippen LogP contribution in [0.5, 0.6) is 0 Å². The average molecular weight is 368 g/mol. The first kappa shape index (κ1) is 16.6. The highest BCUT2D eigenvalue weighted by molar-refractivity contribution is 9.10. The summed E-state index contributed by atoms with van der Waals surface area (Å²) in [7, 11) is 0. The molecule has 0 aliphatic heterocycles. The van der Waals surface area contributed by atoms with Gasteiger partial charge in [-0.15, -0.1) is 11.3 Å². The summed E-state index contributed by atoms with van der Waals surface area (Å²) in [6, 6.07) is 4.42. The van der Waals surface area contributed by atoms with Gasteiger partial charge < -0.3 is 5.32 Å². The maximum atomic E-state index is 4.85. The number of hydrogen-bond donors (Lipinski definition) is 1. The predicted molar refractivity (Wildman–Crippen MR) is 93.6 cm³/mol. The fourth-order valence-corrected chi connectivity index (χ4v) is 3.63. The first-order valence-electron chi connectivity index (χ1n) is 7.30. The van der Waals surface area contributed by atoms with Gasteiger partial charge in [0.2, 0.25) is 0 Å². The second-order valence-corrected chi connectivity index (χ2v) is 7.79. The maximum absolute atomic E-state index is 4.85. The fourth-order valence-electron chi connectivity index (χ4n) is 2.01. The molecule has 114 valence electrons. The number of nitrogens with zero attached hydrogens (tertiary/aromatic N) is 2. The second kappa shape index (κ2) is 7.47. The van der Waals surface area contributed by atoms with Gasteiger partial charge in [-0.25, -0.2) is 4.98 Å². The largest absolute Gasteiger partial charge is 0.310 e. The van der Waals surface area contributed by atoms with Crippen LogP contribution in [0.1, 0.15) is 38.3 Å². The Balaban J connectivity index is 2.33. The fraction of sp³-hybridized carbons (Fsp3) is 0.500. The average Bonchev–Trinajstić information content (AvgIpc) is 2.79. The van der Waals surface area contributed by atoms with Crippen LogP contribution in [-0.4, -0.2) is 16.0 Å². The monoisotopic (exact) mass is 367 g/mol. The molecule has 0 amide bonds. The summed E-state index contributed by atoms with van der Waals surface area (Å²) in [5.41, 5.74) is 2.14. The smallest absolute Gasteiger partial charge is 0.143 e. The van der Waals surface area contributed by atoms with Crippen molar-refractivity contribution in [3.63, 3.8) is 0 Å². The third kappa shape index (κ3) is 4.59. The van der Waals surface area contributed by atoms with Gasteiger partial charge in [-0.3, -0.25) is 4.98 Å². The lowest BCUT2D eigenvalue weighted by atomic mass is 10.1. The Labute approximate surface area is 139 Å². The van der Waals surface area contributed by atoms with E-state index >= 15 is 0 Å². The Kier molecular flexibility index (Phi) is 5.90. The van der Waals surface area contributed by atoms with Crippen LogP contribution in [0.15, 0.2) is 22.8 Å². The highest BCUT2D eigenvalue weighted by Crippen LogP contribution is 2.32. The minimum absolute atomic E-state index is 0.476. The van der Waals surface area contributed by atoms with Crippen molar-refractivity contribution >= 4 is 27.3 Å². The Bertz CT molecular complexity index is 593. The van der Waals surface area contributed by atoms with Crippen LogP contribution in [0.3, 0.4) is 0 Å². The molecular formula is C16H22BrN3S. The lowest BCUT2D eigenvalue weighted by Crippen LogP contribution is -2.22. The van der Waals surface area contributed by atoms with Gasteiger partial charge in [0.15, 0.2) is 0 Å². The molecule has 3 nitrogen and oxygen atoms in total. The van der Waals surface area contributed by atoms with Crippen molar-refractivity contribution in [2.75, 3.05) is 0 Å². The van der Waals surface area contributed by atoms with Gasteiger partial charge in [-0.2, -0.15) is 0 Å². The molecule has 0 bridgehead atoms. The lowest BCUT2D eigenvalue weighted by Gasteiger charge is -2.08. The molecule has 0 radical (unpaired) electrons. The molecule has 0 aromatic carbocycles. The van der Waals surface area contributed by atoms with Crippen LogP contribution < -0.4 is 5.32 Å². The van der Waals surface area contributed by atoms with Gasteiger partial charge in [0.25, 0.3) is 0 Å². The molecule has 2 aromatic rings. The molecule has 1 N–H and O–H groups in total. The van der Waals surface area contributed by atoms with Crippen LogP contribution in [0.4, 0.5) is 0 Å². The predicted octanol–water partition coefficient (Wildman–Crippen LogP) is 4.66. The number of nitrogens with one attached hydrogen (secondary N) is 1. The zero-order chi connectivity index (χ0) is 15.4. The third-order valence-electron chi connectivity index (χ3n) is 3.01. The summed E-state index contributed by atoms with van der Waals surface area (Å²) < 4.78 is 0.998. The topological polar surface area (TPSA) is 37.8 Å². The maximum Gasteiger partial charge on any atom is 0.143 e. The molecule has 5 heteroatoms. The molecule has 21 heavy (non-hydrogen) atoms. The number of thiazole rings is 1. The normalized spacial score (nSPS) is 11.6. The molecule has 0 saturated carbocycles. The van der Waals surface area contributed by atoms with Gasteiger partial charge in [0.1, 0.15) is 10.7 Å². The minimum Gasteiger partial charge on any atom is -0.310 e. The summed E-state index contributed by atoms with van der Waals surface area (Å²) >= 11 is 5.31. The zero-order valence-electron chi connectivity index (χ0n) is 13.0. The van der Waals surface area contributed by atoms with Crippen molar-refractivity contribution < 1.29 is 0 Å². The van der Waals surface area contributed by atoms with Gasteiger partial charge >= 0.3 is 0 Å². The van der Waals surface area contributed by atoms with E-state index in [0.29, 0.717) is 12.0 Å². The molecule has 0 aliphatic carbocycles. The number of aromatic nitrogens is 2. The molecule has 2 rings (SSSR count). The molecule has 0 saturated heterocycles. The standard InChI is InChI=1S/C16H22BrN3S/c1-10(2)8-13-14(9-19-11(3)4)21-16(20-13)15-12(17)6-5-7-18-15/h5-7,10-11,19H,8-9H2,1-4H3. The van der Waals surface area contributed by atoms with E-state index in [1.807, 2.05) is 18.3 Å². The number of hydrogen-bond acceptors (Lipinski definition) is 4. The van der Waals surface area contributed by atoms with Crippen molar-refractivity contribution in [2.24, 2.45) is 5.92 Å². The summed E-state index contributed by atoms with van der Waals surface area (Å²) in [5.74, 6) is 0.602. The van der Waals surface area contributed by atoms with E-state index < -0.39 is 0 Å². The van der Waals surface area contributed by atoms with E-state index in [-0.39, 0.29) is 0 Å². The minimum atomic E-state index is 0.476. The first-order valence-corrected chi connectivity index (χ1v) is 8.91. The molecule has 2 aromatic heterocycles. The Morgan fingerprint density at radius 1 is 1.29 bits per heavy atom. The van der Waals surface area contributed by atoms with Crippen LogP contribution in [0.2, 0.25) is 0 Å². The molecule has 0 spiro atoms. The van der Waals surface area contributed by atoms with E-state index in [0.717, 1.165) is 28.1 Å². The Hall–Kier alpha value is -0.780. The van der Waals surface area contributed by atoms with Crippen molar-refractivity contribution in [1.82, 2.24) is 15.3 Å². The lowest BCUT2D eigenvalue weighted by molar-refractivity contribution is 0.581. The molecule has 0 aliphatic rings. The van der Waals surface area contributed by atoms with E-state index in [1.54, 1.807) is 11.3 Å². The number of halogens is 1. The van der Waals surface area contributed by atoms with Crippen LogP contribution in [-0.2, 0) is 13.0 Å². The van der Waals surface area contributed by atoms with E-state index in [4.69, 9.17) is 4.98 Å². The van der Waals surface area contributed by atoms with Gasteiger partial charge in [0.05, 0.1) is 5.69 Å². The van der Waals surface area contributed by atoms with Crippen molar-refractivity contribution in [3.05, 3.63) is 33.4 Å². The molecule has 0 unspecified atom stereocenters. The van der Waals surface area contributed by atoms with Crippen LogP contribution >= 0.6 is 27.3 Å². The van der Waals surface area contributed by atoms with E-state index in [1.165, 1.54) is 10.6 Å². The highest BCUT2D eigenvalue weighted by atomic mass is 79.9. The van der Waals surface area contributed by atoms with E-state index in [9.17, 15) is 0 Å². The van der Waals surface area contributed by atoms with Gasteiger partial charge in [0, 0.05) is 28.1 Å². The quantitative estimate of drug-likeness (QED) is 0.806. The molecular weight excluding hydrogens is 346 g/mol. The summed E-state index contributed by atoms with van der Waals surface area (Å²) in [6.45, 7) is 9.67. The van der Waals surface area contributed by atoms with Crippen molar-refractivity contribution in [1.29, 1.82) is 0 Å². The number of pyridine rings is 1. The van der Waals surface area contributed by atoms with Gasteiger partial charge in [-0.05, 0) is 40.4 Å². The Morgan fingerprint density at radius 2 is 2.05 bits per heavy atom. The highest BCUT2D eigenvalue weighted by Gasteiger charge is 2.16. The summed E-state index contributed by atoms with van der Waals surface area (Å²) in [6.07, 6.45) is 2.83. The third-order valence-corrected chi connectivity index (χ3v) is 4.76. The SMILES string of the molecule is CC(C)Cc1nc(-c2ncccc2Br)sc1CNC(C)C. The van der Waals surface area contributed by atoms with Crippen molar-refractivity contribution in [2.45, 2.75) is 46.7 Å².